The maximum atomic E-state index is 12.6. The third-order valence-corrected chi connectivity index (χ3v) is 5.62. The number of fused-ring (bicyclic) bond motifs is 1. The normalized spacial score (nSPS) is 23.0. The van der Waals surface area contributed by atoms with Crippen molar-refractivity contribution >= 4 is 29.6 Å². The third-order valence-electron chi connectivity index (χ3n) is 4.54. The van der Waals surface area contributed by atoms with Gasteiger partial charge in [0.05, 0.1) is 23.5 Å². The van der Waals surface area contributed by atoms with Crippen LogP contribution in [0, 0.1) is 11.3 Å². The van der Waals surface area contributed by atoms with Crippen molar-refractivity contribution in [2.24, 2.45) is 17.1 Å². The summed E-state index contributed by atoms with van der Waals surface area (Å²) in [5, 5.41) is 9.83. The van der Waals surface area contributed by atoms with Gasteiger partial charge in [-0.1, -0.05) is 0 Å². The van der Waals surface area contributed by atoms with Crippen LogP contribution >= 0.6 is 11.8 Å². The van der Waals surface area contributed by atoms with Crippen LogP contribution in [-0.4, -0.2) is 64.8 Å². The molecule has 0 aliphatic carbocycles. The lowest BCUT2D eigenvalue weighted by Gasteiger charge is -2.44. The largest absolute Gasteiger partial charge is 0.427 e. The van der Waals surface area contributed by atoms with E-state index >= 15 is 0 Å². The molecule has 1 fully saturated rings. The van der Waals surface area contributed by atoms with Crippen LogP contribution in [0.25, 0.3) is 0 Å². The molecule has 2 aliphatic rings. The Morgan fingerprint density at radius 3 is 2.59 bits per heavy atom. The summed E-state index contributed by atoms with van der Waals surface area (Å²) < 4.78 is 10.1. The zero-order valence-electron chi connectivity index (χ0n) is 16.2. The van der Waals surface area contributed by atoms with Crippen molar-refractivity contribution in [3.05, 3.63) is 11.3 Å². The average Bonchev–Trinajstić information content (AvgIpc) is 2.88. The Bertz CT molecular complexity index is 640. The van der Waals surface area contributed by atoms with Crippen LogP contribution in [0.1, 0.15) is 34.1 Å². The highest BCUT2D eigenvalue weighted by Crippen LogP contribution is 2.44. The minimum Gasteiger partial charge on any atom is -0.427 e. The smallest absolute Gasteiger partial charge is 0.357 e. The number of carbonyl (C=O) groups excluding carboxylic acids is 3. The molecule has 3 atom stereocenters. The molecule has 152 valence electrons. The van der Waals surface area contributed by atoms with Crippen LogP contribution in [0.2, 0.25) is 0 Å². The lowest BCUT2D eigenvalue weighted by Crippen LogP contribution is -2.61. The summed E-state index contributed by atoms with van der Waals surface area (Å²) in [6.07, 6.45) is -0.259. The first-order valence-electron chi connectivity index (χ1n) is 8.95. The summed E-state index contributed by atoms with van der Waals surface area (Å²) in [5.41, 5.74) is 5.81. The molecule has 0 aromatic heterocycles. The van der Waals surface area contributed by atoms with Gasteiger partial charge in [-0.15, -0.1) is 0 Å². The quantitative estimate of drug-likeness (QED) is 0.264. The second kappa shape index (κ2) is 8.62. The molecule has 3 unspecified atom stereocenters. The summed E-state index contributed by atoms with van der Waals surface area (Å²) >= 11 is 1.57. The molecular weight excluding hydrogens is 372 g/mol. The SMILES string of the molecule is CC(O)C1C(=O)N2C(C(=O)OCOC(=O)C(C)(C)C)=C(CSCCN)CC12. The number of thioether (sulfide) groups is 1. The van der Waals surface area contributed by atoms with Gasteiger partial charge in [0.1, 0.15) is 5.70 Å². The van der Waals surface area contributed by atoms with E-state index in [1.54, 1.807) is 39.5 Å². The van der Waals surface area contributed by atoms with Gasteiger partial charge in [-0.2, -0.15) is 11.8 Å². The van der Waals surface area contributed by atoms with Gasteiger partial charge >= 0.3 is 11.9 Å². The fourth-order valence-electron chi connectivity index (χ4n) is 3.18. The first-order valence-corrected chi connectivity index (χ1v) is 10.1. The van der Waals surface area contributed by atoms with Crippen molar-refractivity contribution in [3.63, 3.8) is 0 Å². The number of hydrogen-bond acceptors (Lipinski definition) is 8. The predicted molar refractivity (Wildman–Crippen MR) is 100 cm³/mol. The number of ether oxygens (including phenoxy) is 2. The molecule has 27 heavy (non-hydrogen) atoms. The van der Waals surface area contributed by atoms with Gasteiger partial charge in [0.15, 0.2) is 0 Å². The van der Waals surface area contributed by atoms with Crippen LogP contribution in [0.15, 0.2) is 11.3 Å². The molecule has 0 bridgehead atoms. The van der Waals surface area contributed by atoms with Crippen LogP contribution in [0.5, 0.6) is 0 Å². The van der Waals surface area contributed by atoms with E-state index in [1.807, 2.05) is 0 Å². The highest BCUT2D eigenvalue weighted by Gasteiger charge is 2.56. The second-order valence-corrected chi connectivity index (χ2v) is 8.88. The minimum atomic E-state index is -0.778. The number of esters is 2. The third kappa shape index (κ3) is 4.64. The first kappa shape index (κ1) is 21.7. The van der Waals surface area contributed by atoms with E-state index < -0.39 is 36.2 Å². The van der Waals surface area contributed by atoms with Crippen LogP contribution in [0.3, 0.4) is 0 Å². The molecule has 1 amide bonds. The highest BCUT2D eigenvalue weighted by atomic mass is 32.2. The van der Waals surface area contributed by atoms with E-state index in [2.05, 4.69) is 0 Å². The van der Waals surface area contributed by atoms with Crippen molar-refractivity contribution < 1.29 is 29.0 Å². The summed E-state index contributed by atoms with van der Waals surface area (Å²) in [6.45, 7) is 6.68. The monoisotopic (exact) mass is 400 g/mol. The van der Waals surface area contributed by atoms with Gasteiger partial charge in [-0.05, 0) is 39.7 Å². The summed E-state index contributed by atoms with van der Waals surface area (Å²) in [7, 11) is 0. The van der Waals surface area contributed by atoms with Crippen LogP contribution in [-0.2, 0) is 23.9 Å². The van der Waals surface area contributed by atoms with Gasteiger partial charge in [-0.25, -0.2) is 4.79 Å². The number of nitrogens with zero attached hydrogens (tertiary/aromatic N) is 1. The molecule has 0 radical (unpaired) electrons. The number of nitrogens with two attached hydrogens (primary N) is 1. The lowest BCUT2D eigenvalue weighted by molar-refractivity contribution is -0.175. The minimum absolute atomic E-state index is 0.207. The van der Waals surface area contributed by atoms with Crippen molar-refractivity contribution in [1.82, 2.24) is 4.90 Å². The maximum absolute atomic E-state index is 12.6. The molecular formula is C18H28N2O6S. The van der Waals surface area contributed by atoms with Crippen molar-refractivity contribution in [2.75, 3.05) is 24.8 Å². The van der Waals surface area contributed by atoms with Gasteiger partial charge in [0.25, 0.3) is 0 Å². The molecule has 2 heterocycles. The Morgan fingerprint density at radius 1 is 1.37 bits per heavy atom. The zero-order valence-corrected chi connectivity index (χ0v) is 17.0. The molecule has 2 aliphatic heterocycles. The Balaban J connectivity index is 2.06. The lowest BCUT2D eigenvalue weighted by atomic mass is 9.83. The highest BCUT2D eigenvalue weighted by molar-refractivity contribution is 7.99. The summed E-state index contributed by atoms with van der Waals surface area (Å²) in [5.74, 6) is -0.693. The number of hydrogen-bond donors (Lipinski definition) is 2. The molecule has 8 nitrogen and oxygen atoms in total. The number of β-lactam (4-membered cyclic amide) rings is 1. The van der Waals surface area contributed by atoms with E-state index in [-0.39, 0.29) is 17.6 Å². The fourth-order valence-corrected chi connectivity index (χ4v) is 3.99. The van der Waals surface area contributed by atoms with Crippen LogP contribution in [0.4, 0.5) is 0 Å². The Hall–Kier alpha value is -1.58. The Morgan fingerprint density at radius 2 is 2.04 bits per heavy atom. The number of aliphatic hydroxyl groups is 1. The van der Waals surface area contributed by atoms with Crippen molar-refractivity contribution in [2.45, 2.75) is 46.3 Å². The van der Waals surface area contributed by atoms with Gasteiger partial charge in [0.2, 0.25) is 12.7 Å². The second-order valence-electron chi connectivity index (χ2n) is 7.77. The maximum Gasteiger partial charge on any atom is 0.357 e. The van der Waals surface area contributed by atoms with E-state index in [1.165, 1.54) is 4.90 Å². The number of aliphatic hydroxyl groups excluding tert-OH is 1. The van der Waals surface area contributed by atoms with Crippen molar-refractivity contribution in [3.8, 4) is 0 Å². The zero-order chi connectivity index (χ0) is 20.4. The Labute approximate surface area is 163 Å². The van der Waals surface area contributed by atoms with E-state index in [4.69, 9.17) is 15.2 Å². The Kier molecular flexibility index (Phi) is 6.93. The molecule has 2 rings (SSSR count). The van der Waals surface area contributed by atoms with Crippen LogP contribution < -0.4 is 5.73 Å². The van der Waals surface area contributed by atoms with Gasteiger partial charge < -0.3 is 25.2 Å². The van der Waals surface area contributed by atoms with E-state index in [0.717, 1.165) is 11.3 Å². The van der Waals surface area contributed by atoms with Gasteiger partial charge in [0, 0.05) is 18.1 Å². The molecule has 0 spiro atoms. The molecule has 0 aromatic carbocycles. The number of rotatable bonds is 8. The molecule has 3 N–H and O–H groups in total. The molecule has 9 heteroatoms. The average molecular weight is 400 g/mol. The number of amides is 1. The van der Waals surface area contributed by atoms with E-state index in [9.17, 15) is 19.5 Å². The summed E-state index contributed by atoms with van der Waals surface area (Å²) in [4.78, 5) is 38.1. The number of carbonyl (C=O) groups is 3. The molecule has 0 saturated carbocycles. The fraction of sp³-hybridized carbons (Fsp3) is 0.722. The molecule has 1 saturated heterocycles. The standard InChI is InChI=1S/C18H28N2O6S/c1-10(21)13-12-7-11(8-27-6-5-19)14(20(12)15(13)22)16(23)25-9-26-17(24)18(2,3)4/h10,12-13,21H,5-9,19H2,1-4H3. The van der Waals surface area contributed by atoms with Gasteiger partial charge in [-0.3, -0.25) is 9.59 Å². The van der Waals surface area contributed by atoms with E-state index in [0.29, 0.717) is 18.7 Å². The molecule has 0 aromatic rings. The predicted octanol–water partition coefficient (Wildman–Crippen LogP) is 0.634. The van der Waals surface area contributed by atoms with Crippen molar-refractivity contribution in [1.29, 1.82) is 0 Å². The first-order chi connectivity index (χ1) is 12.6. The topological polar surface area (TPSA) is 119 Å². The summed E-state index contributed by atoms with van der Waals surface area (Å²) in [6, 6.07) is -0.231.